The molecule has 0 unspecified atom stereocenters. The highest BCUT2D eigenvalue weighted by Gasteiger charge is 2.18. The number of hydrogen-bond donors (Lipinski definition) is 1. The maximum absolute atomic E-state index is 11.9. The molecule has 1 aliphatic carbocycles. The zero-order chi connectivity index (χ0) is 13.0. The maximum atomic E-state index is 11.9. The van der Waals surface area contributed by atoms with E-state index in [1.165, 1.54) is 25.7 Å². The van der Waals surface area contributed by atoms with Gasteiger partial charge in [-0.2, -0.15) is 0 Å². The number of halogens is 1. The second-order valence-electron chi connectivity index (χ2n) is 4.75. The van der Waals surface area contributed by atoms with Gasteiger partial charge >= 0.3 is 0 Å². The molecular weight excluding hydrogens is 250 g/mol. The smallest absolute Gasteiger partial charge is 0.224 e. The van der Waals surface area contributed by atoms with Crippen molar-refractivity contribution in [2.75, 3.05) is 12.4 Å². The van der Waals surface area contributed by atoms with Crippen LogP contribution in [0.25, 0.3) is 0 Å². The molecule has 0 heterocycles. The molecule has 0 atom stereocenters. The molecule has 1 fully saturated rings. The molecule has 0 radical (unpaired) electrons. The summed E-state index contributed by atoms with van der Waals surface area (Å²) in [5.74, 6) is 1.28. The van der Waals surface area contributed by atoms with Crippen molar-refractivity contribution in [3.8, 4) is 5.75 Å². The first-order chi connectivity index (χ1) is 8.69. The Balaban J connectivity index is 1.93. The minimum Gasteiger partial charge on any atom is -0.497 e. The van der Waals surface area contributed by atoms with Gasteiger partial charge in [0.1, 0.15) is 5.75 Å². The molecule has 1 saturated carbocycles. The van der Waals surface area contributed by atoms with Crippen LogP contribution in [0.2, 0.25) is 5.02 Å². The Morgan fingerprint density at radius 2 is 2.17 bits per heavy atom. The summed E-state index contributed by atoms with van der Waals surface area (Å²) in [5, 5.41) is 3.37. The van der Waals surface area contributed by atoms with Gasteiger partial charge in [0.05, 0.1) is 17.8 Å². The minimum atomic E-state index is 0.0500. The summed E-state index contributed by atoms with van der Waals surface area (Å²) < 4.78 is 5.07. The van der Waals surface area contributed by atoms with Crippen LogP contribution in [-0.4, -0.2) is 13.0 Å². The predicted octanol–water partition coefficient (Wildman–Crippen LogP) is 3.87. The lowest BCUT2D eigenvalue weighted by atomic mass is 10.0. The van der Waals surface area contributed by atoms with E-state index in [0.29, 0.717) is 28.8 Å². The van der Waals surface area contributed by atoms with Crippen LogP contribution in [0.5, 0.6) is 5.75 Å². The molecule has 1 aromatic carbocycles. The summed E-state index contributed by atoms with van der Waals surface area (Å²) in [7, 11) is 1.59. The average molecular weight is 268 g/mol. The van der Waals surface area contributed by atoms with Gasteiger partial charge in [-0.3, -0.25) is 4.79 Å². The summed E-state index contributed by atoms with van der Waals surface area (Å²) in [4.78, 5) is 11.9. The van der Waals surface area contributed by atoms with Crippen LogP contribution in [0, 0.1) is 5.92 Å². The van der Waals surface area contributed by atoms with Gasteiger partial charge in [-0.1, -0.05) is 24.4 Å². The number of hydrogen-bond acceptors (Lipinski definition) is 2. The second-order valence-corrected chi connectivity index (χ2v) is 5.16. The highest BCUT2D eigenvalue weighted by atomic mass is 35.5. The molecular formula is C14H18ClNO2. The van der Waals surface area contributed by atoms with Gasteiger partial charge in [0, 0.05) is 12.5 Å². The van der Waals surface area contributed by atoms with Crippen molar-refractivity contribution in [3.63, 3.8) is 0 Å². The Bertz CT molecular complexity index is 428. The molecule has 98 valence electrons. The highest BCUT2D eigenvalue weighted by Crippen LogP contribution is 2.29. The highest BCUT2D eigenvalue weighted by molar-refractivity contribution is 6.33. The van der Waals surface area contributed by atoms with Crippen LogP contribution in [0.15, 0.2) is 18.2 Å². The van der Waals surface area contributed by atoms with Crippen LogP contribution < -0.4 is 10.1 Å². The van der Waals surface area contributed by atoms with Crippen LogP contribution >= 0.6 is 11.6 Å². The fourth-order valence-corrected chi connectivity index (χ4v) is 2.62. The summed E-state index contributed by atoms with van der Waals surface area (Å²) in [6.07, 6.45) is 5.44. The van der Waals surface area contributed by atoms with Gasteiger partial charge in [0.2, 0.25) is 5.91 Å². The van der Waals surface area contributed by atoms with Crippen LogP contribution in [-0.2, 0) is 4.79 Å². The Labute approximate surface area is 112 Å². The van der Waals surface area contributed by atoms with E-state index in [-0.39, 0.29) is 5.91 Å². The van der Waals surface area contributed by atoms with Crippen molar-refractivity contribution < 1.29 is 9.53 Å². The summed E-state index contributed by atoms with van der Waals surface area (Å²) in [5.41, 5.74) is 0.653. The predicted molar refractivity (Wildman–Crippen MR) is 73.2 cm³/mol. The molecule has 3 nitrogen and oxygen atoms in total. The van der Waals surface area contributed by atoms with E-state index >= 15 is 0 Å². The summed E-state index contributed by atoms with van der Waals surface area (Å²) >= 11 is 6.07. The largest absolute Gasteiger partial charge is 0.497 e. The Kier molecular flexibility index (Phi) is 4.48. The van der Waals surface area contributed by atoms with E-state index in [1.807, 2.05) is 0 Å². The number of amides is 1. The number of ether oxygens (including phenoxy) is 1. The van der Waals surface area contributed by atoms with E-state index in [9.17, 15) is 4.79 Å². The molecule has 4 heteroatoms. The number of benzene rings is 1. The standard InChI is InChI=1S/C14H18ClNO2/c1-18-11-6-7-13(12(15)9-11)16-14(17)8-10-4-2-3-5-10/h6-7,9-10H,2-5,8H2,1H3,(H,16,17). The quantitative estimate of drug-likeness (QED) is 0.899. The molecule has 0 saturated heterocycles. The molecule has 1 amide bonds. The van der Waals surface area contributed by atoms with E-state index in [4.69, 9.17) is 16.3 Å². The van der Waals surface area contributed by atoms with Gasteiger partial charge in [0.15, 0.2) is 0 Å². The fraction of sp³-hybridized carbons (Fsp3) is 0.500. The molecule has 0 spiro atoms. The molecule has 1 N–H and O–H groups in total. The molecule has 1 aromatic rings. The number of anilines is 1. The summed E-state index contributed by atoms with van der Waals surface area (Å²) in [6, 6.07) is 5.26. The normalized spacial score (nSPS) is 15.7. The first kappa shape index (κ1) is 13.2. The number of rotatable bonds is 4. The number of carbonyl (C=O) groups excluding carboxylic acids is 1. The van der Waals surface area contributed by atoms with Gasteiger partial charge in [-0.15, -0.1) is 0 Å². The molecule has 0 bridgehead atoms. The van der Waals surface area contributed by atoms with Gasteiger partial charge in [-0.25, -0.2) is 0 Å². The SMILES string of the molecule is COc1ccc(NC(=O)CC2CCCC2)c(Cl)c1. The fourth-order valence-electron chi connectivity index (χ4n) is 2.40. The zero-order valence-corrected chi connectivity index (χ0v) is 11.3. The molecule has 0 aliphatic heterocycles. The van der Waals surface area contributed by atoms with Crippen molar-refractivity contribution >= 4 is 23.2 Å². The van der Waals surface area contributed by atoms with Crippen molar-refractivity contribution in [1.29, 1.82) is 0 Å². The van der Waals surface area contributed by atoms with Crippen molar-refractivity contribution in [2.24, 2.45) is 5.92 Å². The van der Waals surface area contributed by atoms with Crippen molar-refractivity contribution in [1.82, 2.24) is 0 Å². The number of carbonyl (C=O) groups is 1. The first-order valence-electron chi connectivity index (χ1n) is 6.32. The van der Waals surface area contributed by atoms with Crippen LogP contribution in [0.4, 0.5) is 5.69 Å². The zero-order valence-electron chi connectivity index (χ0n) is 10.5. The lowest BCUT2D eigenvalue weighted by Crippen LogP contribution is -2.15. The maximum Gasteiger partial charge on any atom is 0.224 e. The van der Waals surface area contributed by atoms with E-state index in [1.54, 1.807) is 25.3 Å². The lowest BCUT2D eigenvalue weighted by molar-refractivity contribution is -0.117. The monoisotopic (exact) mass is 267 g/mol. The topological polar surface area (TPSA) is 38.3 Å². The Morgan fingerprint density at radius 3 is 2.78 bits per heavy atom. The first-order valence-corrected chi connectivity index (χ1v) is 6.70. The molecule has 18 heavy (non-hydrogen) atoms. The second kappa shape index (κ2) is 6.10. The van der Waals surface area contributed by atoms with Crippen molar-refractivity contribution in [2.45, 2.75) is 32.1 Å². The van der Waals surface area contributed by atoms with E-state index in [2.05, 4.69) is 5.32 Å². The van der Waals surface area contributed by atoms with E-state index in [0.717, 1.165) is 0 Å². The third kappa shape index (κ3) is 3.39. The van der Waals surface area contributed by atoms with Gasteiger partial charge < -0.3 is 10.1 Å². The number of nitrogens with one attached hydrogen (secondary N) is 1. The van der Waals surface area contributed by atoms with Crippen LogP contribution in [0.1, 0.15) is 32.1 Å². The van der Waals surface area contributed by atoms with Gasteiger partial charge in [0.25, 0.3) is 0 Å². The summed E-state index contributed by atoms with van der Waals surface area (Å²) in [6.45, 7) is 0. The Morgan fingerprint density at radius 1 is 1.44 bits per heavy atom. The minimum absolute atomic E-state index is 0.0500. The number of methoxy groups -OCH3 is 1. The third-order valence-electron chi connectivity index (χ3n) is 3.40. The Hall–Kier alpha value is -1.22. The molecule has 0 aromatic heterocycles. The third-order valence-corrected chi connectivity index (χ3v) is 3.71. The van der Waals surface area contributed by atoms with Crippen molar-refractivity contribution in [3.05, 3.63) is 23.2 Å². The molecule has 2 rings (SSSR count). The van der Waals surface area contributed by atoms with Crippen LogP contribution in [0.3, 0.4) is 0 Å². The van der Waals surface area contributed by atoms with E-state index < -0.39 is 0 Å². The molecule has 1 aliphatic rings. The van der Waals surface area contributed by atoms with Gasteiger partial charge in [-0.05, 0) is 30.9 Å². The average Bonchev–Trinajstić information content (AvgIpc) is 2.84. The lowest BCUT2D eigenvalue weighted by Gasteiger charge is -2.11.